The lowest BCUT2D eigenvalue weighted by Gasteiger charge is -2.20. The SMILES string of the molecule is COc1ccc(-c2ccc(Oc3cccc(C(C)(C)C)c3)c(NC(=O)Nc3ccccc3C)c2)cc1C(=O)O. The fourth-order valence-corrected chi connectivity index (χ4v) is 4.09. The van der Waals surface area contributed by atoms with Gasteiger partial charge in [0.1, 0.15) is 17.1 Å². The lowest BCUT2D eigenvalue weighted by Crippen LogP contribution is -2.20. The highest BCUT2D eigenvalue weighted by atomic mass is 16.5. The van der Waals surface area contributed by atoms with Crippen molar-refractivity contribution in [1.29, 1.82) is 0 Å². The molecule has 4 aromatic carbocycles. The average molecular weight is 525 g/mol. The molecular weight excluding hydrogens is 492 g/mol. The van der Waals surface area contributed by atoms with E-state index in [4.69, 9.17) is 9.47 Å². The molecule has 0 aliphatic heterocycles. The molecule has 3 N–H and O–H groups in total. The molecule has 0 bridgehead atoms. The number of carbonyl (C=O) groups excluding carboxylic acids is 1. The predicted octanol–water partition coefficient (Wildman–Crippen LogP) is 8.10. The number of aromatic carboxylic acids is 1. The molecule has 200 valence electrons. The van der Waals surface area contributed by atoms with Crippen LogP contribution >= 0.6 is 0 Å². The zero-order valence-corrected chi connectivity index (χ0v) is 22.7. The number of ether oxygens (including phenoxy) is 2. The van der Waals surface area contributed by atoms with E-state index in [1.54, 1.807) is 30.3 Å². The topological polar surface area (TPSA) is 96.9 Å². The number of amides is 2. The molecule has 0 aliphatic carbocycles. The summed E-state index contributed by atoms with van der Waals surface area (Å²) in [6, 6.07) is 25.1. The van der Waals surface area contributed by atoms with Gasteiger partial charge in [0.15, 0.2) is 5.75 Å². The Kier molecular flexibility index (Phi) is 7.91. The number of carboxylic acid groups (broad SMARTS) is 1. The van der Waals surface area contributed by atoms with Gasteiger partial charge in [-0.2, -0.15) is 0 Å². The fraction of sp³-hybridized carbons (Fsp3) is 0.188. The van der Waals surface area contributed by atoms with E-state index < -0.39 is 12.0 Å². The quantitative estimate of drug-likeness (QED) is 0.227. The molecule has 0 radical (unpaired) electrons. The standard InChI is InChI=1S/C32H32N2O5/c1-20-9-6-7-12-26(20)33-31(37)34-27-18-22(21-13-15-28(38-5)25(17-21)30(35)36)14-16-29(27)39-24-11-8-10-23(19-24)32(2,3)4/h6-19H,1-5H3,(H,35,36)(H2,33,34,37). The molecule has 7 nitrogen and oxygen atoms in total. The molecule has 0 aliphatic rings. The van der Waals surface area contributed by atoms with Crippen molar-refractivity contribution >= 4 is 23.4 Å². The highest BCUT2D eigenvalue weighted by molar-refractivity contribution is 6.01. The van der Waals surface area contributed by atoms with Gasteiger partial charge >= 0.3 is 12.0 Å². The van der Waals surface area contributed by atoms with Crippen molar-refractivity contribution < 1.29 is 24.2 Å². The Labute approximate surface area is 228 Å². The van der Waals surface area contributed by atoms with Crippen LogP contribution in [0.3, 0.4) is 0 Å². The number of carboxylic acids is 1. The Balaban J connectivity index is 1.72. The Morgan fingerprint density at radius 3 is 2.10 bits per heavy atom. The number of methoxy groups -OCH3 is 1. The minimum absolute atomic E-state index is 0.0427. The van der Waals surface area contributed by atoms with Crippen molar-refractivity contribution in [3.05, 3.63) is 102 Å². The van der Waals surface area contributed by atoms with Crippen LogP contribution in [0.5, 0.6) is 17.2 Å². The number of anilines is 2. The summed E-state index contributed by atoms with van der Waals surface area (Å²) in [5, 5.41) is 15.4. The minimum Gasteiger partial charge on any atom is -0.496 e. The van der Waals surface area contributed by atoms with Crippen LogP contribution in [0, 0.1) is 6.92 Å². The third-order valence-corrected chi connectivity index (χ3v) is 6.31. The Hall–Kier alpha value is -4.78. The lowest BCUT2D eigenvalue weighted by molar-refractivity contribution is 0.0693. The summed E-state index contributed by atoms with van der Waals surface area (Å²) in [5.41, 5.74) is 4.48. The minimum atomic E-state index is -1.09. The second-order valence-electron chi connectivity index (χ2n) is 10.2. The van der Waals surface area contributed by atoms with Gasteiger partial charge in [0, 0.05) is 5.69 Å². The molecule has 0 saturated carbocycles. The van der Waals surface area contributed by atoms with Gasteiger partial charge < -0.3 is 25.2 Å². The summed E-state index contributed by atoms with van der Waals surface area (Å²) < 4.78 is 11.4. The molecule has 0 fully saturated rings. The number of urea groups is 1. The van der Waals surface area contributed by atoms with Crippen LogP contribution in [0.1, 0.15) is 42.3 Å². The highest BCUT2D eigenvalue weighted by Crippen LogP contribution is 2.36. The highest BCUT2D eigenvalue weighted by Gasteiger charge is 2.17. The van der Waals surface area contributed by atoms with Crippen LogP contribution in [0.2, 0.25) is 0 Å². The normalized spacial score (nSPS) is 11.0. The predicted molar refractivity (Wildman–Crippen MR) is 154 cm³/mol. The first-order valence-electron chi connectivity index (χ1n) is 12.5. The molecule has 2 amide bonds. The van der Waals surface area contributed by atoms with E-state index in [0.717, 1.165) is 11.1 Å². The number of para-hydroxylation sites is 1. The molecule has 0 atom stereocenters. The number of carbonyl (C=O) groups is 2. The van der Waals surface area contributed by atoms with Crippen LogP contribution in [0.15, 0.2) is 84.9 Å². The van der Waals surface area contributed by atoms with Crippen LogP contribution in [-0.2, 0) is 5.41 Å². The van der Waals surface area contributed by atoms with Crippen LogP contribution < -0.4 is 20.1 Å². The summed E-state index contributed by atoms with van der Waals surface area (Å²) in [6.07, 6.45) is 0. The molecule has 39 heavy (non-hydrogen) atoms. The van der Waals surface area contributed by atoms with Gasteiger partial charge in [-0.3, -0.25) is 0 Å². The second-order valence-corrected chi connectivity index (χ2v) is 10.2. The van der Waals surface area contributed by atoms with Crippen molar-refractivity contribution in [2.45, 2.75) is 33.1 Å². The first-order valence-corrected chi connectivity index (χ1v) is 12.5. The maximum absolute atomic E-state index is 13.0. The molecule has 7 heteroatoms. The molecule has 4 aromatic rings. The number of rotatable bonds is 7. The largest absolute Gasteiger partial charge is 0.496 e. The van der Waals surface area contributed by atoms with E-state index in [9.17, 15) is 14.7 Å². The number of nitrogens with one attached hydrogen (secondary N) is 2. The molecule has 0 saturated heterocycles. The van der Waals surface area contributed by atoms with Crippen LogP contribution in [0.4, 0.5) is 16.2 Å². The Bertz CT molecular complexity index is 1520. The van der Waals surface area contributed by atoms with E-state index in [-0.39, 0.29) is 16.7 Å². The van der Waals surface area contributed by atoms with Crippen molar-refractivity contribution in [1.82, 2.24) is 0 Å². The van der Waals surface area contributed by atoms with Gasteiger partial charge in [0.2, 0.25) is 0 Å². The average Bonchev–Trinajstić information content (AvgIpc) is 2.90. The number of aryl methyl sites for hydroxylation is 1. The van der Waals surface area contributed by atoms with Crippen molar-refractivity contribution in [3.63, 3.8) is 0 Å². The summed E-state index contributed by atoms with van der Waals surface area (Å²) in [4.78, 5) is 24.8. The zero-order valence-electron chi connectivity index (χ0n) is 22.7. The molecule has 0 unspecified atom stereocenters. The van der Waals surface area contributed by atoms with Crippen LogP contribution in [-0.4, -0.2) is 24.2 Å². The van der Waals surface area contributed by atoms with Gasteiger partial charge in [0.05, 0.1) is 12.8 Å². The maximum Gasteiger partial charge on any atom is 0.339 e. The first kappa shape index (κ1) is 27.3. The van der Waals surface area contributed by atoms with Crippen LogP contribution in [0.25, 0.3) is 11.1 Å². The summed E-state index contributed by atoms with van der Waals surface area (Å²) in [7, 11) is 1.43. The smallest absolute Gasteiger partial charge is 0.339 e. The lowest BCUT2D eigenvalue weighted by atomic mass is 9.87. The Morgan fingerprint density at radius 1 is 0.769 bits per heavy atom. The summed E-state index contributed by atoms with van der Waals surface area (Å²) >= 11 is 0. The number of hydrogen-bond acceptors (Lipinski definition) is 4. The van der Waals surface area contributed by atoms with Crippen molar-refractivity contribution in [2.75, 3.05) is 17.7 Å². The van der Waals surface area contributed by atoms with Gasteiger partial charge in [0.25, 0.3) is 0 Å². The van der Waals surface area contributed by atoms with E-state index in [1.165, 1.54) is 7.11 Å². The van der Waals surface area contributed by atoms with Crippen molar-refractivity contribution in [2.24, 2.45) is 0 Å². The summed E-state index contributed by atoms with van der Waals surface area (Å²) in [5.74, 6) is 0.246. The third kappa shape index (κ3) is 6.57. The van der Waals surface area contributed by atoms with E-state index in [2.05, 4.69) is 37.5 Å². The van der Waals surface area contributed by atoms with Gasteiger partial charge in [-0.25, -0.2) is 9.59 Å². The monoisotopic (exact) mass is 524 g/mol. The maximum atomic E-state index is 13.0. The molecule has 4 rings (SSSR count). The zero-order chi connectivity index (χ0) is 28.2. The summed E-state index contributed by atoms with van der Waals surface area (Å²) in [6.45, 7) is 8.30. The molecular formula is C32H32N2O5. The van der Waals surface area contributed by atoms with Gasteiger partial charge in [-0.05, 0) is 77.1 Å². The molecule has 0 spiro atoms. The Morgan fingerprint density at radius 2 is 1.44 bits per heavy atom. The van der Waals surface area contributed by atoms with Crippen molar-refractivity contribution in [3.8, 4) is 28.4 Å². The number of hydrogen-bond donors (Lipinski definition) is 3. The number of benzene rings is 4. The second kappa shape index (κ2) is 11.3. The van der Waals surface area contributed by atoms with E-state index in [0.29, 0.717) is 34.0 Å². The first-order chi connectivity index (χ1) is 18.5. The molecule has 0 heterocycles. The van der Waals surface area contributed by atoms with E-state index >= 15 is 0 Å². The molecule has 0 aromatic heterocycles. The fourth-order valence-electron chi connectivity index (χ4n) is 4.09. The van der Waals surface area contributed by atoms with E-state index in [1.807, 2.05) is 55.5 Å². The van der Waals surface area contributed by atoms with Gasteiger partial charge in [-0.1, -0.05) is 63.2 Å². The van der Waals surface area contributed by atoms with Gasteiger partial charge in [-0.15, -0.1) is 0 Å². The third-order valence-electron chi connectivity index (χ3n) is 6.31.